The minimum Gasteiger partial charge on any atom is -0.404 e. The monoisotopic (exact) mass is 726 g/mol. The molecule has 0 aromatic heterocycles. The third kappa shape index (κ3) is 3.46. The molecule has 8 aliphatic carbocycles. The SMILES string of the molecule is O=P(O)(O)Oc1c2c(c(OP(=O)(O)O)c3c1C1CC3c3cc4c(cc31)C1C[C@H]4c3ccccc31)C1CC2c2cc3c(cc21)[C@@H]1CC3c2ccccc21. The van der Waals surface area contributed by atoms with Crippen LogP contribution in [-0.4, -0.2) is 19.6 Å². The Morgan fingerprint density at radius 2 is 0.615 bits per heavy atom. The molecule has 8 aliphatic rings. The zero-order valence-corrected chi connectivity index (χ0v) is 29.5. The fourth-order valence-electron chi connectivity index (χ4n) is 12.9. The molecule has 8 bridgehead atoms. The molecule has 10 heteroatoms. The number of fused-ring (bicyclic) bond motifs is 32. The van der Waals surface area contributed by atoms with Gasteiger partial charge in [0.15, 0.2) is 0 Å². The highest BCUT2D eigenvalue weighted by molar-refractivity contribution is 7.47. The summed E-state index contributed by atoms with van der Waals surface area (Å²) in [5.41, 5.74) is 17.7. The van der Waals surface area contributed by atoms with E-state index in [0.29, 0.717) is 58.8 Å². The second-order valence-electron chi connectivity index (χ2n) is 16.3. The van der Waals surface area contributed by atoms with E-state index in [1.165, 1.54) is 44.5 Å². The summed E-state index contributed by atoms with van der Waals surface area (Å²) in [7, 11) is -10.1. The minimum absolute atomic E-state index is 0.187. The zero-order chi connectivity index (χ0) is 34.7. The summed E-state index contributed by atoms with van der Waals surface area (Å²) in [6, 6.07) is 26.6. The van der Waals surface area contributed by atoms with E-state index in [2.05, 4.69) is 72.8 Å². The molecule has 0 spiro atoms. The third-order valence-corrected chi connectivity index (χ3v) is 15.2. The molecule has 8 nitrogen and oxygen atoms in total. The first-order valence-electron chi connectivity index (χ1n) is 18.3. The molecule has 5 aromatic carbocycles. The molecule has 0 radical (unpaired) electrons. The maximum Gasteiger partial charge on any atom is 0.524 e. The quantitative estimate of drug-likeness (QED) is 0.136. The van der Waals surface area contributed by atoms with Crippen LogP contribution in [0.4, 0.5) is 0 Å². The van der Waals surface area contributed by atoms with Gasteiger partial charge in [-0.05, 0) is 92.4 Å². The zero-order valence-electron chi connectivity index (χ0n) is 27.7. The lowest BCUT2D eigenvalue weighted by molar-refractivity contribution is 0.275. The Hall–Kier alpha value is -4.00. The predicted molar refractivity (Wildman–Crippen MR) is 191 cm³/mol. The van der Waals surface area contributed by atoms with Gasteiger partial charge in [0.1, 0.15) is 11.5 Å². The van der Waals surface area contributed by atoms with Crippen LogP contribution in [-0.2, 0) is 9.13 Å². The van der Waals surface area contributed by atoms with E-state index in [1.54, 1.807) is 0 Å². The summed E-state index contributed by atoms with van der Waals surface area (Å²) in [6.45, 7) is 0. The molecule has 0 saturated heterocycles. The first kappa shape index (κ1) is 29.5. The molecule has 0 amide bonds. The number of hydrogen-bond donors (Lipinski definition) is 4. The number of benzene rings is 5. The van der Waals surface area contributed by atoms with E-state index in [9.17, 15) is 28.7 Å². The van der Waals surface area contributed by atoms with Crippen molar-refractivity contribution in [1.29, 1.82) is 0 Å². The van der Waals surface area contributed by atoms with Gasteiger partial charge in [0, 0.05) is 69.6 Å². The van der Waals surface area contributed by atoms with Gasteiger partial charge in [0.2, 0.25) is 0 Å². The van der Waals surface area contributed by atoms with Crippen molar-refractivity contribution >= 4 is 15.6 Å². The molecule has 8 atom stereocenters. The summed E-state index contributed by atoms with van der Waals surface area (Å²) in [5, 5.41) is 0. The largest absolute Gasteiger partial charge is 0.524 e. The molecule has 52 heavy (non-hydrogen) atoms. The van der Waals surface area contributed by atoms with Crippen molar-refractivity contribution in [3.05, 3.63) is 162 Å². The number of rotatable bonds is 4. The van der Waals surface area contributed by atoms with Gasteiger partial charge in [-0.15, -0.1) is 0 Å². The number of phosphoric acid groups is 2. The summed E-state index contributed by atoms with van der Waals surface area (Å²) in [5.74, 6) is 0.661. The molecule has 0 aliphatic heterocycles. The molecule has 4 N–H and O–H groups in total. The van der Waals surface area contributed by atoms with Crippen molar-refractivity contribution in [2.75, 3.05) is 0 Å². The number of phosphoric ester groups is 2. The topological polar surface area (TPSA) is 134 Å². The van der Waals surface area contributed by atoms with Crippen LogP contribution in [0.25, 0.3) is 0 Å². The van der Waals surface area contributed by atoms with E-state index >= 15 is 0 Å². The molecule has 5 aromatic rings. The molecule has 0 saturated carbocycles. The number of hydrogen-bond acceptors (Lipinski definition) is 4. The normalized spacial score (nSPS) is 29.0. The Balaban J connectivity index is 1.03. The van der Waals surface area contributed by atoms with E-state index < -0.39 is 15.6 Å². The molecule has 6 unspecified atom stereocenters. The highest BCUT2D eigenvalue weighted by Gasteiger charge is 2.56. The molecule has 258 valence electrons. The van der Waals surface area contributed by atoms with Gasteiger partial charge in [0.05, 0.1) is 0 Å². The maximum absolute atomic E-state index is 12.8. The minimum atomic E-state index is -5.03. The highest BCUT2D eigenvalue weighted by atomic mass is 31.2. The maximum atomic E-state index is 12.8. The first-order chi connectivity index (χ1) is 25.0. The lowest BCUT2D eigenvalue weighted by Gasteiger charge is -2.33. The van der Waals surface area contributed by atoms with Crippen LogP contribution >= 0.6 is 15.6 Å². The van der Waals surface area contributed by atoms with E-state index in [1.807, 2.05) is 0 Å². The Kier molecular flexibility index (Phi) is 5.21. The van der Waals surface area contributed by atoms with Crippen molar-refractivity contribution < 1.29 is 37.8 Å². The first-order valence-corrected chi connectivity index (χ1v) is 21.3. The van der Waals surface area contributed by atoms with Crippen LogP contribution in [0.1, 0.15) is 162 Å². The Labute approximate surface area is 298 Å². The highest BCUT2D eigenvalue weighted by Crippen LogP contribution is 2.73. The van der Waals surface area contributed by atoms with E-state index in [4.69, 9.17) is 9.05 Å². The predicted octanol–water partition coefficient (Wildman–Crippen LogP) is 8.55. The second-order valence-corrected chi connectivity index (χ2v) is 18.6. The van der Waals surface area contributed by atoms with Gasteiger partial charge in [-0.1, -0.05) is 72.8 Å². The molecular weight excluding hydrogens is 694 g/mol. The van der Waals surface area contributed by atoms with E-state index in [-0.39, 0.29) is 35.2 Å². The molecule has 13 rings (SSSR count). The van der Waals surface area contributed by atoms with Gasteiger partial charge in [-0.3, -0.25) is 19.6 Å². The molecule has 0 heterocycles. The van der Waals surface area contributed by atoms with Crippen molar-refractivity contribution in [3.63, 3.8) is 0 Å². The van der Waals surface area contributed by atoms with Crippen LogP contribution in [0, 0.1) is 0 Å². The fourth-order valence-corrected chi connectivity index (χ4v) is 13.7. The van der Waals surface area contributed by atoms with Crippen LogP contribution in [0.3, 0.4) is 0 Å². The standard InChI is InChI=1S/C42H32O8P2/c43-51(44,45)49-41-37-33-15-34(30-12-26-22-9-21(25(26)11-29(30)33)17-5-1-2-6-18(17)22)38(37)42(50-52(46,47)48)40-36-16-35(39(40)41)31-13-27-23-10-24(28(27)14-32(31)36)20-8-4-3-7-19(20)23/h1-8,11-14,21-24,33-36H,9-10,15-16H2,(H2,43,44,45)(H2,46,47,48)/t21-,22?,23+,24?,33?,34?,35?,36?. The smallest absolute Gasteiger partial charge is 0.404 e. The lowest BCUT2D eigenvalue weighted by Crippen LogP contribution is -2.16. The summed E-state index contributed by atoms with van der Waals surface area (Å²) >= 11 is 0. The summed E-state index contributed by atoms with van der Waals surface area (Å²) < 4.78 is 37.3. The Morgan fingerprint density at radius 1 is 0.385 bits per heavy atom. The Bertz CT molecular complexity index is 2340. The fraction of sp³-hybridized carbons (Fsp3) is 0.286. The van der Waals surface area contributed by atoms with Gasteiger partial charge in [-0.2, -0.15) is 0 Å². The van der Waals surface area contributed by atoms with Crippen molar-refractivity contribution in [2.45, 2.75) is 73.0 Å². The van der Waals surface area contributed by atoms with Gasteiger partial charge in [-0.25, -0.2) is 9.13 Å². The van der Waals surface area contributed by atoms with Crippen molar-refractivity contribution in [1.82, 2.24) is 0 Å². The van der Waals surface area contributed by atoms with Crippen LogP contribution in [0.2, 0.25) is 0 Å². The van der Waals surface area contributed by atoms with Crippen LogP contribution in [0.5, 0.6) is 11.5 Å². The van der Waals surface area contributed by atoms with E-state index in [0.717, 1.165) is 35.1 Å². The van der Waals surface area contributed by atoms with Gasteiger partial charge >= 0.3 is 15.6 Å². The average Bonchev–Trinajstić information content (AvgIpc) is 3.98. The van der Waals surface area contributed by atoms with Crippen molar-refractivity contribution in [2.24, 2.45) is 0 Å². The molecule has 0 fully saturated rings. The van der Waals surface area contributed by atoms with Crippen LogP contribution in [0.15, 0.2) is 72.8 Å². The van der Waals surface area contributed by atoms with Crippen LogP contribution < -0.4 is 9.05 Å². The molecular formula is C42H32O8P2. The van der Waals surface area contributed by atoms with Gasteiger partial charge < -0.3 is 9.05 Å². The lowest BCUT2D eigenvalue weighted by atomic mass is 9.74. The van der Waals surface area contributed by atoms with Crippen molar-refractivity contribution in [3.8, 4) is 11.5 Å². The Morgan fingerprint density at radius 3 is 0.865 bits per heavy atom. The summed E-state index contributed by atoms with van der Waals surface area (Å²) in [4.78, 5) is 41.7. The summed E-state index contributed by atoms with van der Waals surface area (Å²) in [6.07, 6.45) is 3.33. The van der Waals surface area contributed by atoms with Gasteiger partial charge in [0.25, 0.3) is 0 Å². The average molecular weight is 727 g/mol. The third-order valence-electron chi connectivity index (χ3n) is 14.3. The second kappa shape index (κ2) is 9.19.